The minimum atomic E-state index is -4.73. The Labute approximate surface area is 183 Å². The lowest BCUT2D eigenvalue weighted by Crippen LogP contribution is -2.15. The van der Waals surface area contributed by atoms with Crippen molar-refractivity contribution in [2.45, 2.75) is 31.9 Å². The van der Waals surface area contributed by atoms with E-state index in [1.807, 2.05) is 0 Å². The molecule has 0 bridgehead atoms. The molecule has 0 spiro atoms. The average molecular weight is 457 g/mol. The van der Waals surface area contributed by atoms with Crippen molar-refractivity contribution in [2.24, 2.45) is 0 Å². The zero-order valence-electron chi connectivity index (χ0n) is 16.4. The van der Waals surface area contributed by atoms with Crippen molar-refractivity contribution in [3.63, 3.8) is 0 Å². The van der Waals surface area contributed by atoms with Gasteiger partial charge in [0.25, 0.3) is 5.91 Å². The van der Waals surface area contributed by atoms with Crippen molar-refractivity contribution in [1.29, 1.82) is 5.26 Å². The molecule has 0 saturated carbocycles. The summed E-state index contributed by atoms with van der Waals surface area (Å²) in [5, 5.41) is 16.4. The van der Waals surface area contributed by atoms with Crippen LogP contribution in [0, 0.1) is 11.3 Å². The van der Waals surface area contributed by atoms with E-state index in [1.165, 1.54) is 35.8 Å². The monoisotopic (exact) mass is 457 g/mol. The van der Waals surface area contributed by atoms with E-state index in [0.29, 0.717) is 15.1 Å². The molecular formula is C21H14F3N5O2S. The Hall–Kier alpha value is -3.65. The molecule has 0 aromatic carbocycles. The highest BCUT2D eigenvalue weighted by atomic mass is 32.1. The Kier molecular flexibility index (Phi) is 4.74. The third-order valence-corrected chi connectivity index (χ3v) is 6.44. The lowest BCUT2D eigenvalue weighted by atomic mass is 9.96. The van der Waals surface area contributed by atoms with Crippen LogP contribution in [0.3, 0.4) is 0 Å². The van der Waals surface area contributed by atoms with Gasteiger partial charge in [0.1, 0.15) is 16.8 Å². The number of alkyl halides is 3. The summed E-state index contributed by atoms with van der Waals surface area (Å²) in [4.78, 5) is 18.0. The van der Waals surface area contributed by atoms with Crippen LogP contribution in [0.4, 0.5) is 18.2 Å². The molecule has 0 aliphatic heterocycles. The molecular weight excluding hydrogens is 443 g/mol. The van der Waals surface area contributed by atoms with Gasteiger partial charge in [-0.15, -0.1) is 11.3 Å². The maximum atomic E-state index is 13.7. The van der Waals surface area contributed by atoms with E-state index < -0.39 is 17.8 Å². The number of thiophene rings is 1. The second-order valence-electron chi connectivity index (χ2n) is 7.28. The molecule has 0 fully saturated rings. The number of furan rings is 1. The average Bonchev–Trinajstić information content (AvgIpc) is 3.49. The summed E-state index contributed by atoms with van der Waals surface area (Å²) in [5.74, 6) is -0.550. The number of nitriles is 1. The van der Waals surface area contributed by atoms with Gasteiger partial charge in [0.15, 0.2) is 22.8 Å². The van der Waals surface area contributed by atoms with Crippen LogP contribution in [0.5, 0.6) is 0 Å². The molecule has 4 aromatic heterocycles. The normalized spacial score (nSPS) is 13.7. The summed E-state index contributed by atoms with van der Waals surface area (Å²) in [7, 11) is 0. The number of nitrogens with one attached hydrogen (secondary N) is 1. The lowest BCUT2D eigenvalue weighted by molar-refractivity contribution is -0.142. The predicted octanol–water partition coefficient (Wildman–Crippen LogP) is 5.07. The van der Waals surface area contributed by atoms with Crippen molar-refractivity contribution >= 4 is 27.9 Å². The van der Waals surface area contributed by atoms with Crippen LogP contribution in [0.25, 0.3) is 17.1 Å². The van der Waals surface area contributed by atoms with Gasteiger partial charge in [0.2, 0.25) is 0 Å². The molecule has 0 atom stereocenters. The highest BCUT2D eigenvalue weighted by molar-refractivity contribution is 7.16. The molecule has 1 aliphatic carbocycles. The molecule has 4 aromatic rings. The van der Waals surface area contributed by atoms with Gasteiger partial charge in [-0.25, -0.2) is 9.50 Å². The number of hydrogen-bond acceptors (Lipinski definition) is 6. The number of anilines is 1. The summed E-state index contributed by atoms with van der Waals surface area (Å²) < 4.78 is 46.8. The number of aromatic nitrogens is 3. The third-order valence-electron chi connectivity index (χ3n) is 5.23. The number of amides is 1. The van der Waals surface area contributed by atoms with Gasteiger partial charge in [-0.2, -0.15) is 23.5 Å². The second kappa shape index (κ2) is 7.49. The molecule has 11 heteroatoms. The number of carbonyl (C=O) groups is 1. The van der Waals surface area contributed by atoms with Gasteiger partial charge in [-0.1, -0.05) is 0 Å². The van der Waals surface area contributed by atoms with Crippen LogP contribution >= 0.6 is 11.3 Å². The Morgan fingerprint density at radius 2 is 2.09 bits per heavy atom. The van der Waals surface area contributed by atoms with E-state index in [9.17, 15) is 23.2 Å². The zero-order chi connectivity index (χ0) is 22.5. The molecule has 0 radical (unpaired) electrons. The van der Waals surface area contributed by atoms with E-state index in [0.717, 1.165) is 42.2 Å². The van der Waals surface area contributed by atoms with Crippen molar-refractivity contribution < 1.29 is 22.4 Å². The fraction of sp³-hybridized carbons (Fsp3) is 0.238. The van der Waals surface area contributed by atoms with Crippen LogP contribution in [0.1, 0.15) is 45.0 Å². The van der Waals surface area contributed by atoms with Gasteiger partial charge < -0.3 is 9.73 Å². The summed E-state index contributed by atoms with van der Waals surface area (Å²) in [5.41, 5.74) is -0.150. The lowest BCUT2D eigenvalue weighted by Gasteiger charge is -2.09. The Bertz CT molecular complexity index is 1380. The minimum Gasteiger partial charge on any atom is -0.463 e. The van der Waals surface area contributed by atoms with Crippen molar-refractivity contribution in [3.05, 3.63) is 57.9 Å². The number of hydrogen-bond donors (Lipinski definition) is 1. The standard InChI is InChI=1S/C21H14F3N5O2S/c22-21(23,24)17-8-13(15-5-3-7-31-15)26-18-9-14(28-29(17)18)19(30)27-20-12(10-25)11-4-1-2-6-16(11)32-20/h3,5,7-9H,1-2,4,6H2,(H,27,30). The zero-order valence-corrected chi connectivity index (χ0v) is 17.2. The highest BCUT2D eigenvalue weighted by Gasteiger charge is 2.36. The number of fused-ring (bicyclic) bond motifs is 2. The topological polar surface area (TPSA) is 96.2 Å². The number of halogens is 3. The summed E-state index contributed by atoms with van der Waals surface area (Å²) >= 11 is 1.33. The van der Waals surface area contributed by atoms with Gasteiger partial charge in [-0.3, -0.25) is 4.79 Å². The van der Waals surface area contributed by atoms with Crippen molar-refractivity contribution in [2.75, 3.05) is 5.32 Å². The first-order valence-electron chi connectivity index (χ1n) is 9.73. The molecule has 162 valence electrons. The minimum absolute atomic E-state index is 0.0284. The van der Waals surface area contributed by atoms with Gasteiger partial charge >= 0.3 is 6.18 Å². The smallest absolute Gasteiger partial charge is 0.433 e. The largest absolute Gasteiger partial charge is 0.463 e. The first kappa shape index (κ1) is 20.3. The van der Waals surface area contributed by atoms with Crippen LogP contribution in [-0.2, 0) is 19.0 Å². The predicted molar refractivity (Wildman–Crippen MR) is 109 cm³/mol. The van der Waals surface area contributed by atoms with Crippen LogP contribution in [0.15, 0.2) is 34.9 Å². The van der Waals surface area contributed by atoms with E-state index in [2.05, 4.69) is 21.5 Å². The summed E-state index contributed by atoms with van der Waals surface area (Å²) in [6.07, 6.45) is 0.200. The van der Waals surface area contributed by atoms with Crippen LogP contribution in [0.2, 0.25) is 0 Å². The first-order valence-corrected chi connectivity index (χ1v) is 10.5. The quantitative estimate of drug-likeness (QED) is 0.463. The highest BCUT2D eigenvalue weighted by Crippen LogP contribution is 2.38. The Morgan fingerprint density at radius 3 is 2.81 bits per heavy atom. The number of nitrogens with zero attached hydrogens (tertiary/aromatic N) is 4. The van der Waals surface area contributed by atoms with Gasteiger partial charge in [-0.05, 0) is 49.4 Å². The molecule has 1 aliphatic rings. The fourth-order valence-corrected chi connectivity index (χ4v) is 5.01. The molecule has 0 unspecified atom stereocenters. The Morgan fingerprint density at radius 1 is 1.28 bits per heavy atom. The van der Waals surface area contributed by atoms with E-state index in [1.54, 1.807) is 0 Å². The van der Waals surface area contributed by atoms with E-state index >= 15 is 0 Å². The molecule has 5 rings (SSSR count). The number of carbonyl (C=O) groups excluding carboxylic acids is 1. The maximum Gasteiger partial charge on any atom is 0.433 e. The maximum absolute atomic E-state index is 13.7. The van der Waals surface area contributed by atoms with Crippen LogP contribution in [-0.4, -0.2) is 20.5 Å². The van der Waals surface area contributed by atoms with Gasteiger partial charge in [0, 0.05) is 10.9 Å². The SMILES string of the molecule is N#Cc1c(NC(=O)c2cc3nc(-c4ccco4)cc(C(F)(F)F)n3n2)sc2c1CCCC2. The number of aryl methyl sites for hydroxylation is 1. The molecule has 7 nitrogen and oxygen atoms in total. The second-order valence-corrected chi connectivity index (χ2v) is 8.39. The van der Waals surface area contributed by atoms with Crippen molar-refractivity contribution in [1.82, 2.24) is 14.6 Å². The Balaban J connectivity index is 1.55. The van der Waals surface area contributed by atoms with Gasteiger partial charge in [0.05, 0.1) is 11.8 Å². The summed E-state index contributed by atoms with van der Waals surface area (Å²) in [6, 6.07) is 7.17. The molecule has 32 heavy (non-hydrogen) atoms. The summed E-state index contributed by atoms with van der Waals surface area (Å²) in [6.45, 7) is 0. The third kappa shape index (κ3) is 3.42. The molecule has 4 heterocycles. The van der Waals surface area contributed by atoms with E-state index in [4.69, 9.17) is 4.42 Å². The van der Waals surface area contributed by atoms with E-state index in [-0.39, 0.29) is 22.8 Å². The number of rotatable bonds is 3. The first-order chi connectivity index (χ1) is 15.3. The fourth-order valence-electron chi connectivity index (χ4n) is 3.78. The molecule has 0 saturated heterocycles. The van der Waals surface area contributed by atoms with Crippen LogP contribution < -0.4 is 5.32 Å². The van der Waals surface area contributed by atoms with Crippen molar-refractivity contribution in [3.8, 4) is 17.5 Å². The molecule has 1 N–H and O–H groups in total. The molecule has 1 amide bonds.